The molecule has 1 amide bonds. The summed E-state index contributed by atoms with van der Waals surface area (Å²) >= 11 is 4.00. The van der Waals surface area contributed by atoms with Crippen LogP contribution in [-0.2, 0) is 9.53 Å². The number of carbonyl (C=O) groups is 1. The average molecular weight is 541 g/mol. The van der Waals surface area contributed by atoms with E-state index >= 15 is 0 Å². The zero-order valence-corrected chi connectivity index (χ0v) is 20.0. The van der Waals surface area contributed by atoms with Crippen molar-refractivity contribution in [2.75, 3.05) is 23.5 Å². The summed E-state index contributed by atoms with van der Waals surface area (Å²) in [4.78, 5) is 21.4. The first-order valence-corrected chi connectivity index (χ1v) is 14.5. The zero-order valence-electron chi connectivity index (χ0n) is 16.0. The molecule has 2 unspecified atom stereocenters. The molecule has 0 radical (unpaired) electrons. The van der Waals surface area contributed by atoms with Crippen molar-refractivity contribution >= 4 is 74.9 Å². The van der Waals surface area contributed by atoms with Crippen LogP contribution in [0.1, 0.15) is 30.3 Å². The fourth-order valence-electron chi connectivity index (χ4n) is 3.48. The van der Waals surface area contributed by atoms with E-state index in [1.807, 2.05) is 17.3 Å². The van der Waals surface area contributed by atoms with Crippen molar-refractivity contribution < 1.29 is 9.53 Å². The molecule has 152 valence electrons. The summed E-state index contributed by atoms with van der Waals surface area (Å²) < 4.78 is 7.88. The second kappa shape index (κ2) is 9.16. The van der Waals surface area contributed by atoms with E-state index in [-0.39, 0.29) is 6.10 Å². The van der Waals surface area contributed by atoms with Crippen molar-refractivity contribution in [1.82, 2.24) is 14.3 Å². The number of imidazole rings is 1. The van der Waals surface area contributed by atoms with E-state index in [4.69, 9.17) is 9.72 Å². The van der Waals surface area contributed by atoms with Crippen molar-refractivity contribution in [1.29, 1.82) is 0 Å². The summed E-state index contributed by atoms with van der Waals surface area (Å²) in [5.41, 5.74) is 4.57. The number of aromatic nitrogens is 3. The van der Waals surface area contributed by atoms with Crippen LogP contribution in [0.25, 0.3) is 11.2 Å². The summed E-state index contributed by atoms with van der Waals surface area (Å²) in [6.07, 6.45) is 5.55. The van der Waals surface area contributed by atoms with Gasteiger partial charge in [-0.15, -0.1) is 11.8 Å². The van der Waals surface area contributed by atoms with E-state index in [2.05, 4.69) is 62.1 Å². The summed E-state index contributed by atoms with van der Waals surface area (Å²) in [7, 11) is 0. The molecule has 3 aromatic rings. The van der Waals surface area contributed by atoms with Crippen LogP contribution in [0.4, 0.5) is 17.2 Å². The van der Waals surface area contributed by atoms with Gasteiger partial charge in [0.15, 0.2) is 5.65 Å². The maximum Gasteiger partial charge on any atom is 0.212 e. The van der Waals surface area contributed by atoms with Crippen molar-refractivity contribution in [3.63, 3.8) is 0 Å². The van der Waals surface area contributed by atoms with Gasteiger partial charge in [-0.1, -0.05) is 6.07 Å². The molecule has 2 N–H and O–H groups in total. The zero-order chi connectivity index (χ0) is 20.4. The minimum absolute atomic E-state index is 0.189. The topological polar surface area (TPSA) is 81.1 Å². The van der Waals surface area contributed by atoms with Crippen LogP contribution in [0, 0.1) is 6.92 Å². The number of aryl methyl sites for hydroxylation is 1. The molecule has 1 saturated heterocycles. The van der Waals surface area contributed by atoms with Crippen LogP contribution in [0.2, 0.25) is 0 Å². The normalized spacial score (nSPS) is 16.7. The molecule has 2 atom stereocenters. The van der Waals surface area contributed by atoms with Crippen LogP contribution in [-0.4, -0.2) is 33.6 Å². The van der Waals surface area contributed by atoms with E-state index in [0.717, 1.165) is 52.7 Å². The number of amides is 1. The first-order chi connectivity index (χ1) is 14.1. The summed E-state index contributed by atoms with van der Waals surface area (Å²) in [5.74, 6) is 1.39. The van der Waals surface area contributed by atoms with Crippen LogP contribution in [0.5, 0.6) is 0 Å². The predicted molar refractivity (Wildman–Crippen MR) is 129 cm³/mol. The molecule has 0 spiro atoms. The van der Waals surface area contributed by atoms with Gasteiger partial charge in [0.1, 0.15) is 17.2 Å². The maximum atomic E-state index is 11.0. The van der Waals surface area contributed by atoms with Gasteiger partial charge in [0, 0.05) is 17.6 Å². The fourth-order valence-corrected chi connectivity index (χ4v) is 6.22. The van der Waals surface area contributed by atoms with Gasteiger partial charge >= 0.3 is 0 Å². The number of pyridine rings is 1. The molecule has 7 nitrogen and oxygen atoms in total. The molecule has 0 saturated carbocycles. The summed E-state index contributed by atoms with van der Waals surface area (Å²) in [6.45, 7) is 2.80. The Morgan fingerprint density at radius 3 is 2.90 bits per heavy atom. The summed E-state index contributed by atoms with van der Waals surface area (Å²) in [6, 6.07) is 8.23. The highest BCUT2D eigenvalue weighted by Gasteiger charge is 2.20. The first-order valence-electron chi connectivity index (χ1n) is 9.18. The number of nitrogens with one attached hydrogen (secondary N) is 2. The number of halogens is 1. The van der Waals surface area contributed by atoms with E-state index in [0.29, 0.717) is 18.6 Å². The number of anilines is 3. The monoisotopic (exact) mass is 541 g/mol. The fraction of sp³-hybridized carbons (Fsp3) is 0.316. The SMILES string of the molecule is CSc1cc(C2CCCO2)ccc1Nc1cc(NC=O)nc2c1nc(C)n2PI. The molecule has 0 aliphatic carbocycles. The van der Waals surface area contributed by atoms with Gasteiger partial charge in [0.05, 0.1) is 23.9 Å². The van der Waals surface area contributed by atoms with Crippen LogP contribution >= 0.6 is 40.2 Å². The lowest BCUT2D eigenvalue weighted by atomic mass is 10.1. The Morgan fingerprint density at radius 2 is 2.21 bits per heavy atom. The first kappa shape index (κ1) is 20.8. The highest BCUT2D eigenvalue weighted by atomic mass is 127. The number of hydrogen-bond donors (Lipinski definition) is 2. The van der Waals surface area contributed by atoms with E-state index in [1.165, 1.54) is 5.56 Å². The highest BCUT2D eigenvalue weighted by molar-refractivity contribution is 14.2. The lowest BCUT2D eigenvalue weighted by Crippen LogP contribution is -2.02. The van der Waals surface area contributed by atoms with Crippen molar-refractivity contribution in [3.05, 3.63) is 35.7 Å². The Kier molecular flexibility index (Phi) is 6.58. The summed E-state index contributed by atoms with van der Waals surface area (Å²) in [5, 5.41) is 6.18. The van der Waals surface area contributed by atoms with Crippen molar-refractivity contribution in [2.45, 2.75) is 30.8 Å². The quantitative estimate of drug-likeness (QED) is 0.180. The van der Waals surface area contributed by atoms with Crippen LogP contribution in [0.15, 0.2) is 29.2 Å². The van der Waals surface area contributed by atoms with Gasteiger partial charge in [0.2, 0.25) is 6.41 Å². The number of thioether (sulfide) groups is 1. The van der Waals surface area contributed by atoms with Crippen molar-refractivity contribution in [2.24, 2.45) is 0 Å². The van der Waals surface area contributed by atoms with Gasteiger partial charge in [0.25, 0.3) is 0 Å². The third-order valence-electron chi connectivity index (χ3n) is 4.87. The van der Waals surface area contributed by atoms with Gasteiger partial charge < -0.3 is 15.4 Å². The number of carbonyl (C=O) groups excluding carboxylic acids is 1. The van der Waals surface area contributed by atoms with E-state index in [9.17, 15) is 4.79 Å². The Labute approximate surface area is 188 Å². The molecule has 4 rings (SSSR count). The number of rotatable bonds is 7. The molecule has 1 aliphatic heterocycles. The Morgan fingerprint density at radius 1 is 1.34 bits per heavy atom. The maximum absolute atomic E-state index is 11.0. The van der Waals surface area contributed by atoms with Crippen LogP contribution in [0.3, 0.4) is 0 Å². The highest BCUT2D eigenvalue weighted by Crippen LogP contribution is 2.38. The second-order valence-electron chi connectivity index (χ2n) is 6.65. The molecule has 10 heteroatoms. The standard InChI is InChI=1S/C19H21IN5O2PS/c1-11-22-18-14(9-17(21-10-26)24-19(18)25(11)28-20)23-13-6-5-12(8-16(13)29-2)15-4-3-7-27-15/h5-6,8-10,15,28H,3-4,7H2,1-2H3,(H2,21,23,24,26). The van der Waals surface area contributed by atoms with Crippen molar-refractivity contribution in [3.8, 4) is 0 Å². The third-order valence-corrected chi connectivity index (χ3v) is 7.80. The molecular weight excluding hydrogens is 520 g/mol. The van der Waals surface area contributed by atoms with Gasteiger partial charge in [-0.2, -0.15) is 0 Å². The lowest BCUT2D eigenvalue weighted by Gasteiger charge is -2.16. The molecule has 1 aliphatic rings. The smallest absolute Gasteiger partial charge is 0.212 e. The Bertz CT molecular complexity index is 1050. The molecule has 3 heterocycles. The largest absolute Gasteiger partial charge is 0.374 e. The van der Waals surface area contributed by atoms with Gasteiger partial charge in [-0.05, 0) is 65.8 Å². The minimum atomic E-state index is 0.189. The Hall–Kier alpha value is -1.42. The second-order valence-corrected chi connectivity index (χ2v) is 9.57. The number of benzene rings is 1. The minimum Gasteiger partial charge on any atom is -0.374 e. The molecule has 2 aromatic heterocycles. The lowest BCUT2D eigenvalue weighted by molar-refractivity contribution is -0.105. The van der Waals surface area contributed by atoms with E-state index < -0.39 is 0 Å². The number of hydrogen-bond acceptors (Lipinski definition) is 6. The number of nitrogens with zero attached hydrogens (tertiary/aromatic N) is 3. The van der Waals surface area contributed by atoms with Crippen LogP contribution < -0.4 is 10.6 Å². The third kappa shape index (κ3) is 4.23. The van der Waals surface area contributed by atoms with Gasteiger partial charge in [-0.25, -0.2) is 9.97 Å². The average Bonchev–Trinajstić information content (AvgIpc) is 3.36. The molecular formula is C19H21IN5O2PS. The molecule has 1 aromatic carbocycles. The van der Waals surface area contributed by atoms with Gasteiger partial charge in [-0.3, -0.25) is 9.13 Å². The molecule has 1 fully saturated rings. The van der Waals surface area contributed by atoms with E-state index in [1.54, 1.807) is 11.8 Å². The predicted octanol–water partition coefficient (Wildman–Crippen LogP) is 5.42. The molecule has 0 bridgehead atoms. The molecule has 29 heavy (non-hydrogen) atoms. The number of ether oxygens (including phenoxy) is 1. The number of fused-ring (bicyclic) bond motifs is 1. The Balaban J connectivity index is 1.75.